The molecule has 0 saturated heterocycles. The maximum atomic E-state index is 12.2. The van der Waals surface area contributed by atoms with Crippen LogP contribution in [0, 0.1) is 10.1 Å². The van der Waals surface area contributed by atoms with Crippen molar-refractivity contribution in [2.75, 3.05) is 18.6 Å². The molecule has 1 heterocycles. The Kier molecular flexibility index (Phi) is 10.7. The average Bonchev–Trinajstić information content (AvgIpc) is 3.39. The number of ether oxygens (including phenoxy) is 1. The molecule has 0 saturated carbocycles. The van der Waals surface area contributed by atoms with Crippen LogP contribution in [0.25, 0.3) is 0 Å². The summed E-state index contributed by atoms with van der Waals surface area (Å²) in [4.78, 5) is 27.7. The van der Waals surface area contributed by atoms with Crippen LogP contribution in [0.3, 0.4) is 0 Å². The highest BCUT2D eigenvalue weighted by atomic mass is 32.2. The van der Waals surface area contributed by atoms with Gasteiger partial charge < -0.3 is 10.1 Å². The van der Waals surface area contributed by atoms with Crippen LogP contribution in [0.5, 0.6) is 5.75 Å². The summed E-state index contributed by atoms with van der Waals surface area (Å²) in [6.45, 7) is 14.3. The van der Waals surface area contributed by atoms with Crippen molar-refractivity contribution in [3.05, 3.63) is 63.7 Å². The van der Waals surface area contributed by atoms with E-state index < -0.39 is 11.0 Å². The summed E-state index contributed by atoms with van der Waals surface area (Å²) >= 11 is 2.12. The van der Waals surface area contributed by atoms with Gasteiger partial charge in [-0.1, -0.05) is 65.8 Å². The van der Waals surface area contributed by atoms with Crippen molar-refractivity contribution in [1.82, 2.24) is 20.1 Å². The molecule has 0 aliphatic carbocycles. The lowest BCUT2D eigenvalue weighted by Gasteiger charge is -2.30. The number of nitro groups is 1. The van der Waals surface area contributed by atoms with E-state index in [9.17, 15) is 14.9 Å². The van der Waals surface area contributed by atoms with Gasteiger partial charge in [-0.3, -0.25) is 15.5 Å². The van der Waals surface area contributed by atoms with E-state index in [1.165, 1.54) is 17.2 Å². The summed E-state index contributed by atoms with van der Waals surface area (Å²) in [6, 6.07) is 12.5. The first-order chi connectivity index (χ1) is 19.0. The fourth-order valence-electron chi connectivity index (χ4n) is 3.71. The number of para-hydroxylation sites is 1. The summed E-state index contributed by atoms with van der Waals surface area (Å²) in [7, 11) is 0. The molecule has 0 atom stereocenters. The van der Waals surface area contributed by atoms with Crippen LogP contribution in [-0.2, 0) is 10.8 Å². The molecule has 2 amide bonds. The maximum absolute atomic E-state index is 12.2. The molecule has 10 nitrogen and oxygen atoms in total. The first-order valence-electron chi connectivity index (χ1n) is 13.3. The van der Waals surface area contributed by atoms with E-state index in [1.807, 2.05) is 0 Å². The van der Waals surface area contributed by atoms with Crippen LogP contribution < -0.4 is 20.9 Å². The zero-order chi connectivity index (χ0) is 29.3. The fraction of sp³-hybridized carbons (Fsp3) is 0.464. The first-order valence-corrected chi connectivity index (χ1v) is 14.9. The molecule has 0 unspecified atom stereocenters. The second kappa shape index (κ2) is 13.8. The summed E-state index contributed by atoms with van der Waals surface area (Å²) in [6.07, 6.45) is 2.69. The molecule has 3 aromatic rings. The van der Waals surface area contributed by atoms with Crippen molar-refractivity contribution < 1.29 is 14.5 Å². The van der Waals surface area contributed by atoms with E-state index >= 15 is 0 Å². The van der Waals surface area contributed by atoms with Crippen molar-refractivity contribution in [3.63, 3.8) is 0 Å². The van der Waals surface area contributed by atoms with Gasteiger partial charge in [0.1, 0.15) is 5.75 Å². The molecule has 2 aromatic carbocycles. The van der Waals surface area contributed by atoms with Gasteiger partial charge in [-0.05, 0) is 59.6 Å². The van der Waals surface area contributed by atoms with Crippen molar-refractivity contribution >= 4 is 40.1 Å². The quantitative estimate of drug-likeness (QED) is 0.104. The molecule has 0 spiro atoms. The van der Waals surface area contributed by atoms with Gasteiger partial charge in [0, 0.05) is 29.7 Å². The molecule has 0 aliphatic heterocycles. The van der Waals surface area contributed by atoms with Crippen LogP contribution in [0.1, 0.15) is 71.9 Å². The Balaban J connectivity index is 1.45. The normalized spacial score (nSPS) is 11.7. The van der Waals surface area contributed by atoms with E-state index in [0.29, 0.717) is 34.8 Å². The molecule has 0 radical (unpaired) electrons. The topological polar surface area (TPSA) is 131 Å². The van der Waals surface area contributed by atoms with Gasteiger partial charge in [0.15, 0.2) is 0 Å². The standard InChI is InChI=1S/C28H38N6O4S2/c1-7-27(3,4)19-14-15-22(20(18-19)28(5,6)8-2)38-17-11-16-29-24(35)31-32-25-30-26(33-40-25)39-23-13-10-9-12-21(23)34(36)37/h9-10,12-15,18H,7-8,11,16-17H2,1-6H3,(H2,29,31,35)(H,30,32,33). The Bertz CT molecular complexity index is 1310. The lowest BCUT2D eigenvalue weighted by molar-refractivity contribution is -0.387. The molecule has 0 bridgehead atoms. The number of urea groups is 1. The van der Waals surface area contributed by atoms with E-state index in [2.05, 4.69) is 85.3 Å². The van der Waals surface area contributed by atoms with Crippen molar-refractivity contribution in [1.29, 1.82) is 0 Å². The molecular weight excluding hydrogens is 548 g/mol. The predicted molar refractivity (Wildman–Crippen MR) is 160 cm³/mol. The number of rotatable bonds is 14. The van der Waals surface area contributed by atoms with Gasteiger partial charge in [-0.2, -0.15) is 9.36 Å². The van der Waals surface area contributed by atoms with Crippen LogP contribution in [-0.4, -0.2) is 33.5 Å². The third-order valence-corrected chi connectivity index (χ3v) is 8.75. The third kappa shape index (κ3) is 8.31. The summed E-state index contributed by atoms with van der Waals surface area (Å²) in [5, 5.41) is 14.7. The van der Waals surface area contributed by atoms with Gasteiger partial charge in [-0.25, -0.2) is 10.2 Å². The zero-order valence-corrected chi connectivity index (χ0v) is 25.5. The van der Waals surface area contributed by atoms with Gasteiger partial charge in [-0.15, -0.1) is 0 Å². The largest absolute Gasteiger partial charge is 0.493 e. The van der Waals surface area contributed by atoms with Gasteiger partial charge in [0.25, 0.3) is 5.69 Å². The smallest absolute Gasteiger partial charge is 0.333 e. The van der Waals surface area contributed by atoms with Crippen LogP contribution in [0.2, 0.25) is 0 Å². The predicted octanol–water partition coefficient (Wildman–Crippen LogP) is 7.07. The number of hydrogen-bond acceptors (Lipinski definition) is 9. The molecule has 40 heavy (non-hydrogen) atoms. The van der Waals surface area contributed by atoms with Crippen LogP contribution in [0.15, 0.2) is 52.5 Å². The molecular formula is C28H38N6O4S2. The number of nitrogens with zero attached hydrogens (tertiary/aromatic N) is 3. The second-order valence-electron chi connectivity index (χ2n) is 10.6. The number of nitrogens with one attached hydrogen (secondary N) is 3. The Morgan fingerprint density at radius 3 is 2.52 bits per heavy atom. The number of amides is 2. The molecule has 0 fully saturated rings. The number of aromatic nitrogens is 2. The number of nitro benzene ring substituents is 1. The van der Waals surface area contributed by atoms with Gasteiger partial charge in [0.2, 0.25) is 10.3 Å². The van der Waals surface area contributed by atoms with Crippen molar-refractivity contribution in [2.45, 2.75) is 81.7 Å². The lowest BCUT2D eigenvalue weighted by Crippen LogP contribution is -2.39. The fourth-order valence-corrected chi connectivity index (χ4v) is 5.18. The minimum absolute atomic E-state index is 0.0129. The third-order valence-electron chi connectivity index (χ3n) is 7.08. The van der Waals surface area contributed by atoms with E-state index in [-0.39, 0.29) is 16.5 Å². The molecule has 0 aliphatic rings. The number of hydrogen-bond donors (Lipinski definition) is 3. The minimum atomic E-state index is -0.445. The van der Waals surface area contributed by atoms with Gasteiger partial charge >= 0.3 is 6.03 Å². The van der Waals surface area contributed by atoms with Crippen molar-refractivity contribution in [2.24, 2.45) is 0 Å². The number of benzene rings is 2. The highest BCUT2D eigenvalue weighted by Crippen LogP contribution is 2.38. The Hall–Kier alpha value is -3.38. The number of carbonyl (C=O) groups excluding carboxylic acids is 1. The van der Waals surface area contributed by atoms with E-state index in [4.69, 9.17) is 4.74 Å². The number of hydrazine groups is 1. The Morgan fingerprint density at radius 2 is 1.82 bits per heavy atom. The first kappa shape index (κ1) is 31.2. The van der Waals surface area contributed by atoms with Crippen molar-refractivity contribution in [3.8, 4) is 5.75 Å². The zero-order valence-electron chi connectivity index (χ0n) is 23.9. The monoisotopic (exact) mass is 586 g/mol. The van der Waals surface area contributed by atoms with Crippen LogP contribution in [0.4, 0.5) is 15.6 Å². The molecule has 1 aromatic heterocycles. The highest BCUT2D eigenvalue weighted by molar-refractivity contribution is 7.99. The molecule has 3 N–H and O–H groups in total. The number of anilines is 1. The van der Waals surface area contributed by atoms with E-state index in [1.54, 1.807) is 18.2 Å². The summed E-state index contributed by atoms with van der Waals surface area (Å²) < 4.78 is 10.3. The molecule has 12 heteroatoms. The lowest BCUT2D eigenvalue weighted by atomic mass is 9.76. The average molecular weight is 587 g/mol. The summed E-state index contributed by atoms with van der Waals surface area (Å²) in [5.41, 5.74) is 7.83. The van der Waals surface area contributed by atoms with Crippen LogP contribution >= 0.6 is 23.3 Å². The molecule has 3 rings (SSSR count). The number of carbonyl (C=O) groups is 1. The van der Waals surface area contributed by atoms with Gasteiger partial charge in [0.05, 0.1) is 16.4 Å². The SMILES string of the molecule is CCC(C)(C)c1ccc(OCCCNC(=O)NNc2nc(Sc3ccccc3[N+](=O)[O-])ns2)c(C(C)(C)CC)c1. The highest BCUT2D eigenvalue weighted by Gasteiger charge is 2.26. The second-order valence-corrected chi connectivity index (χ2v) is 12.4. The maximum Gasteiger partial charge on any atom is 0.333 e. The Labute approximate surface area is 244 Å². The Morgan fingerprint density at radius 1 is 1.10 bits per heavy atom. The molecule has 216 valence electrons. The minimum Gasteiger partial charge on any atom is -0.493 e. The summed E-state index contributed by atoms with van der Waals surface area (Å²) in [5.74, 6) is 0.888. The van der Waals surface area contributed by atoms with E-state index in [0.717, 1.165) is 41.9 Å².